The third-order valence-electron chi connectivity index (χ3n) is 5.00. The maximum absolute atomic E-state index is 12.6. The lowest BCUT2D eigenvalue weighted by Crippen LogP contribution is -2.29. The maximum atomic E-state index is 12.6. The van der Waals surface area contributed by atoms with Crippen molar-refractivity contribution in [2.24, 2.45) is 0 Å². The van der Waals surface area contributed by atoms with Crippen LogP contribution in [0.1, 0.15) is 11.6 Å². The number of nitrogens with one attached hydrogen (secondary N) is 3. The minimum Gasteiger partial charge on any atom is -0.497 e. The Morgan fingerprint density at radius 3 is 2.34 bits per heavy atom. The molecule has 2 aromatic carbocycles. The van der Waals surface area contributed by atoms with Crippen LogP contribution in [0.15, 0.2) is 70.2 Å². The number of nitrogens with zero attached hydrogens (tertiary/aromatic N) is 3. The molecule has 11 heteroatoms. The van der Waals surface area contributed by atoms with E-state index in [-0.39, 0.29) is 11.4 Å². The van der Waals surface area contributed by atoms with Crippen molar-refractivity contribution in [3.8, 4) is 17.0 Å². The molecule has 0 atom stereocenters. The lowest BCUT2D eigenvalue weighted by molar-refractivity contribution is 0.415. The first-order chi connectivity index (χ1) is 16.8. The van der Waals surface area contributed by atoms with E-state index in [4.69, 9.17) is 9.15 Å². The fourth-order valence-electron chi connectivity index (χ4n) is 3.28. The van der Waals surface area contributed by atoms with Crippen LogP contribution in [0.2, 0.25) is 0 Å². The summed E-state index contributed by atoms with van der Waals surface area (Å²) in [7, 11) is -2.05. The van der Waals surface area contributed by atoms with E-state index in [0.717, 1.165) is 22.7 Å². The highest BCUT2D eigenvalue weighted by atomic mass is 32.2. The third-order valence-corrected chi connectivity index (χ3v) is 6.47. The van der Waals surface area contributed by atoms with Crippen molar-refractivity contribution < 1.29 is 17.6 Å². The van der Waals surface area contributed by atoms with E-state index < -0.39 is 10.0 Å². The van der Waals surface area contributed by atoms with Crippen LogP contribution in [0, 0.1) is 13.8 Å². The molecule has 0 aliphatic rings. The molecule has 2 heterocycles. The quantitative estimate of drug-likeness (QED) is 0.281. The fraction of sp³-hybridized carbons (Fsp3) is 0.208. The molecule has 3 N–H and O–H groups in total. The Bertz CT molecular complexity index is 1390. The second-order valence-electron chi connectivity index (χ2n) is 7.67. The largest absolute Gasteiger partial charge is 0.497 e. The smallest absolute Gasteiger partial charge is 0.240 e. The lowest BCUT2D eigenvalue weighted by atomic mass is 10.2. The molecule has 0 bridgehead atoms. The van der Waals surface area contributed by atoms with E-state index in [2.05, 4.69) is 30.3 Å². The zero-order valence-corrected chi connectivity index (χ0v) is 20.4. The second-order valence-corrected chi connectivity index (χ2v) is 9.44. The van der Waals surface area contributed by atoms with E-state index in [1.807, 2.05) is 37.3 Å². The summed E-state index contributed by atoms with van der Waals surface area (Å²) < 4.78 is 38.2. The van der Waals surface area contributed by atoms with E-state index in [9.17, 15) is 8.42 Å². The van der Waals surface area contributed by atoms with Gasteiger partial charge in [0.15, 0.2) is 5.89 Å². The number of aryl methyl sites for hydroxylation is 2. The summed E-state index contributed by atoms with van der Waals surface area (Å²) in [5.74, 6) is 2.33. The molecule has 0 fully saturated rings. The number of hydrogen-bond acceptors (Lipinski definition) is 9. The summed E-state index contributed by atoms with van der Waals surface area (Å²) in [5, 5.41) is 6.28. The molecule has 0 saturated heterocycles. The van der Waals surface area contributed by atoms with Crippen LogP contribution in [0.3, 0.4) is 0 Å². The fourth-order valence-corrected chi connectivity index (χ4v) is 4.31. The monoisotopic (exact) mass is 494 g/mol. The van der Waals surface area contributed by atoms with Crippen molar-refractivity contribution in [3.63, 3.8) is 0 Å². The number of rotatable bonds is 10. The molecular weight excluding hydrogens is 468 g/mol. The van der Waals surface area contributed by atoms with Crippen LogP contribution in [0.5, 0.6) is 5.75 Å². The Morgan fingerprint density at radius 1 is 0.943 bits per heavy atom. The summed E-state index contributed by atoms with van der Waals surface area (Å²) in [6, 6.07) is 15.8. The normalized spacial score (nSPS) is 11.3. The first kappa shape index (κ1) is 24.2. The van der Waals surface area contributed by atoms with Gasteiger partial charge in [0, 0.05) is 43.0 Å². The Labute approximate surface area is 203 Å². The summed E-state index contributed by atoms with van der Waals surface area (Å²) in [6.45, 7) is 4.07. The van der Waals surface area contributed by atoms with E-state index in [1.54, 1.807) is 26.2 Å². The maximum Gasteiger partial charge on any atom is 0.240 e. The molecule has 0 aliphatic heterocycles. The van der Waals surface area contributed by atoms with Gasteiger partial charge in [0.25, 0.3) is 0 Å². The number of hydrogen-bond donors (Lipinski definition) is 3. The third kappa shape index (κ3) is 6.34. The van der Waals surface area contributed by atoms with Crippen molar-refractivity contribution in [1.29, 1.82) is 0 Å². The van der Waals surface area contributed by atoms with Crippen molar-refractivity contribution in [2.45, 2.75) is 18.7 Å². The molecule has 2 aromatic heterocycles. The molecule has 0 amide bonds. The Hall–Kier alpha value is -3.96. The number of methoxy groups -OCH3 is 1. The summed E-state index contributed by atoms with van der Waals surface area (Å²) in [5.41, 5.74) is 3.05. The molecule has 0 radical (unpaired) electrons. The first-order valence-electron chi connectivity index (χ1n) is 10.9. The zero-order chi connectivity index (χ0) is 24.8. The van der Waals surface area contributed by atoms with Gasteiger partial charge in [-0.15, -0.1) is 0 Å². The Kier molecular flexibility index (Phi) is 7.28. The minimum absolute atomic E-state index is 0.158. The minimum atomic E-state index is -3.67. The molecule has 0 unspecified atom stereocenters. The molecule has 0 aliphatic carbocycles. The van der Waals surface area contributed by atoms with Gasteiger partial charge in [0.2, 0.25) is 16.0 Å². The van der Waals surface area contributed by atoms with Gasteiger partial charge in [-0.05, 0) is 43.3 Å². The average molecular weight is 495 g/mol. The van der Waals surface area contributed by atoms with Crippen LogP contribution >= 0.6 is 0 Å². The molecule has 4 aromatic rings. The van der Waals surface area contributed by atoms with Crippen molar-refractivity contribution in [3.05, 3.63) is 72.4 Å². The predicted octanol–water partition coefficient (Wildman–Crippen LogP) is 3.89. The van der Waals surface area contributed by atoms with Gasteiger partial charge in [-0.3, -0.25) is 0 Å². The van der Waals surface area contributed by atoms with Crippen LogP contribution < -0.4 is 20.1 Å². The number of anilines is 3. The number of ether oxygens (including phenoxy) is 1. The molecule has 182 valence electrons. The topological polar surface area (TPSA) is 131 Å². The van der Waals surface area contributed by atoms with Crippen molar-refractivity contribution in [1.82, 2.24) is 19.7 Å². The highest BCUT2D eigenvalue weighted by Crippen LogP contribution is 2.21. The molecular formula is C24H26N6O4S. The number of oxazole rings is 1. The van der Waals surface area contributed by atoms with Gasteiger partial charge in [0.05, 0.1) is 12.0 Å². The first-order valence-corrected chi connectivity index (χ1v) is 12.3. The summed E-state index contributed by atoms with van der Waals surface area (Å²) >= 11 is 0. The number of sulfonamides is 1. The summed E-state index contributed by atoms with van der Waals surface area (Å²) in [6.07, 6.45) is 1.54. The van der Waals surface area contributed by atoms with Crippen molar-refractivity contribution >= 4 is 27.5 Å². The SMILES string of the molecule is COc1ccc(Nc2cc(C)nc(NCCNS(=O)(=O)c3ccc(-c4coc(C)n4)cc3)n2)cc1. The highest BCUT2D eigenvalue weighted by Gasteiger charge is 2.14. The van der Waals surface area contributed by atoms with Gasteiger partial charge in [0.1, 0.15) is 23.5 Å². The van der Waals surface area contributed by atoms with Crippen LogP contribution in [-0.4, -0.2) is 43.6 Å². The van der Waals surface area contributed by atoms with Gasteiger partial charge in [-0.2, -0.15) is 4.98 Å². The Balaban J connectivity index is 1.32. The van der Waals surface area contributed by atoms with E-state index in [1.165, 1.54) is 18.4 Å². The average Bonchev–Trinajstić information content (AvgIpc) is 3.28. The van der Waals surface area contributed by atoms with Crippen molar-refractivity contribution in [2.75, 3.05) is 30.8 Å². The standard InChI is InChI=1S/C24H26N6O4S/c1-16-14-23(29-19-6-8-20(33-3)9-7-19)30-24(27-16)25-12-13-26-35(31,32)21-10-4-18(5-11-21)22-15-34-17(2)28-22/h4-11,14-15,26H,12-13H2,1-3H3,(H2,25,27,29,30). The molecule has 0 saturated carbocycles. The molecule has 4 rings (SSSR count). The van der Waals surface area contributed by atoms with E-state index in [0.29, 0.717) is 29.9 Å². The van der Waals surface area contributed by atoms with E-state index >= 15 is 0 Å². The molecule has 0 spiro atoms. The molecule has 10 nitrogen and oxygen atoms in total. The van der Waals surface area contributed by atoms with Gasteiger partial charge >= 0.3 is 0 Å². The molecule has 35 heavy (non-hydrogen) atoms. The Morgan fingerprint density at radius 2 is 1.69 bits per heavy atom. The lowest BCUT2D eigenvalue weighted by Gasteiger charge is -2.11. The van der Waals surface area contributed by atoms with Gasteiger partial charge in [-0.1, -0.05) is 12.1 Å². The van der Waals surface area contributed by atoms with Crippen LogP contribution in [0.25, 0.3) is 11.3 Å². The second kappa shape index (κ2) is 10.5. The number of benzene rings is 2. The summed E-state index contributed by atoms with van der Waals surface area (Å²) in [4.78, 5) is 13.2. The van der Waals surface area contributed by atoms with Crippen LogP contribution in [-0.2, 0) is 10.0 Å². The van der Waals surface area contributed by atoms with Gasteiger partial charge < -0.3 is 19.8 Å². The number of aromatic nitrogens is 3. The van der Waals surface area contributed by atoms with Gasteiger partial charge in [-0.25, -0.2) is 23.1 Å². The zero-order valence-electron chi connectivity index (χ0n) is 19.6. The van der Waals surface area contributed by atoms with Crippen LogP contribution in [0.4, 0.5) is 17.5 Å². The predicted molar refractivity (Wildman–Crippen MR) is 133 cm³/mol. The highest BCUT2D eigenvalue weighted by molar-refractivity contribution is 7.89.